The van der Waals surface area contributed by atoms with Gasteiger partial charge in [0.05, 0.1) is 48.9 Å². The van der Waals surface area contributed by atoms with Crippen molar-refractivity contribution in [2.45, 2.75) is 6.92 Å². The number of hydrogen-bond acceptors (Lipinski definition) is 8. The van der Waals surface area contributed by atoms with Crippen LogP contribution in [0.2, 0.25) is 0 Å². The lowest BCUT2D eigenvalue weighted by Gasteiger charge is -2.60. The van der Waals surface area contributed by atoms with Crippen LogP contribution < -0.4 is 4.74 Å². The number of rotatable bonds is 7. The molecule has 9 nitrogen and oxygen atoms in total. The van der Waals surface area contributed by atoms with Crippen LogP contribution in [0.15, 0.2) is 58.7 Å². The molecule has 2 aromatic carbocycles. The third kappa shape index (κ3) is 3.90. The van der Waals surface area contributed by atoms with Crippen LogP contribution in [0, 0.1) is 15.5 Å². The van der Waals surface area contributed by atoms with Gasteiger partial charge >= 0.3 is 0 Å². The van der Waals surface area contributed by atoms with Crippen LogP contribution in [-0.4, -0.2) is 77.8 Å². The normalized spacial score (nSPS) is 28.9. The van der Waals surface area contributed by atoms with E-state index in [0.717, 1.165) is 62.2 Å². The molecule has 6 rings (SSSR count). The molecule has 4 aliphatic rings. The van der Waals surface area contributed by atoms with Crippen molar-refractivity contribution >= 4 is 17.6 Å². The summed E-state index contributed by atoms with van der Waals surface area (Å²) in [7, 11) is 0. The first-order valence-corrected chi connectivity index (χ1v) is 10.8. The lowest BCUT2D eigenvalue weighted by molar-refractivity contribution is -0.384. The SMILES string of the molecule is CCOc1ccccc1/C=N\N=C(/c1cccc([N+](=O)[O-])c1)C12CN3CN(CN(C3)C1)C2. The molecule has 4 aliphatic heterocycles. The zero-order chi connectivity index (χ0) is 22.1. The molecule has 4 bridgehead atoms. The van der Waals surface area contributed by atoms with Gasteiger partial charge in [-0.25, -0.2) is 0 Å². The van der Waals surface area contributed by atoms with Crippen LogP contribution in [0.1, 0.15) is 18.1 Å². The van der Waals surface area contributed by atoms with E-state index in [1.165, 1.54) is 6.07 Å². The van der Waals surface area contributed by atoms with Crippen LogP contribution >= 0.6 is 0 Å². The highest BCUT2D eigenvalue weighted by Gasteiger charge is 2.52. The van der Waals surface area contributed by atoms with Crippen LogP contribution in [-0.2, 0) is 0 Å². The Morgan fingerprint density at radius 2 is 1.78 bits per heavy atom. The molecule has 2 aromatic rings. The van der Waals surface area contributed by atoms with E-state index < -0.39 is 0 Å². The second kappa shape index (κ2) is 8.42. The van der Waals surface area contributed by atoms with Crippen LogP contribution in [0.3, 0.4) is 0 Å². The molecule has 4 fully saturated rings. The number of nitro groups is 1. The first-order valence-electron chi connectivity index (χ1n) is 10.8. The quantitative estimate of drug-likeness (QED) is 0.378. The van der Waals surface area contributed by atoms with Gasteiger partial charge in [-0.05, 0) is 19.1 Å². The van der Waals surface area contributed by atoms with E-state index in [0.29, 0.717) is 6.61 Å². The van der Waals surface area contributed by atoms with Gasteiger partial charge in [0, 0.05) is 42.9 Å². The molecule has 0 aromatic heterocycles. The Labute approximate surface area is 186 Å². The van der Waals surface area contributed by atoms with E-state index in [-0.39, 0.29) is 16.0 Å². The minimum absolute atomic E-state index is 0.0616. The molecule has 4 saturated heterocycles. The van der Waals surface area contributed by atoms with Crippen molar-refractivity contribution in [3.63, 3.8) is 0 Å². The maximum Gasteiger partial charge on any atom is 0.270 e. The topological polar surface area (TPSA) is 86.8 Å². The minimum atomic E-state index is -0.362. The summed E-state index contributed by atoms with van der Waals surface area (Å²) >= 11 is 0. The maximum absolute atomic E-state index is 11.4. The van der Waals surface area contributed by atoms with Crippen LogP contribution in [0.25, 0.3) is 0 Å². The average molecular weight is 435 g/mol. The number of non-ortho nitro benzene ring substituents is 1. The van der Waals surface area contributed by atoms with E-state index >= 15 is 0 Å². The molecule has 32 heavy (non-hydrogen) atoms. The molecule has 0 saturated carbocycles. The fourth-order valence-corrected chi connectivity index (χ4v) is 5.20. The van der Waals surface area contributed by atoms with Crippen molar-refractivity contribution in [3.05, 3.63) is 69.8 Å². The third-order valence-corrected chi connectivity index (χ3v) is 6.18. The summed E-state index contributed by atoms with van der Waals surface area (Å²) in [5, 5.41) is 20.6. The summed E-state index contributed by atoms with van der Waals surface area (Å²) < 4.78 is 5.69. The van der Waals surface area contributed by atoms with Gasteiger partial charge in [0.1, 0.15) is 5.75 Å². The van der Waals surface area contributed by atoms with Crippen molar-refractivity contribution in [3.8, 4) is 5.75 Å². The maximum atomic E-state index is 11.4. The van der Waals surface area contributed by atoms with E-state index in [9.17, 15) is 10.1 Å². The predicted molar refractivity (Wildman–Crippen MR) is 122 cm³/mol. The van der Waals surface area contributed by atoms with Gasteiger partial charge in [-0.15, -0.1) is 0 Å². The van der Waals surface area contributed by atoms with Gasteiger partial charge < -0.3 is 4.74 Å². The number of benzene rings is 2. The largest absolute Gasteiger partial charge is 0.493 e. The molecule has 0 spiro atoms. The van der Waals surface area contributed by atoms with Gasteiger partial charge in [0.15, 0.2) is 0 Å². The highest BCUT2D eigenvalue weighted by molar-refractivity contribution is 6.06. The smallest absolute Gasteiger partial charge is 0.270 e. The molecule has 0 aliphatic carbocycles. The minimum Gasteiger partial charge on any atom is -0.493 e. The molecule has 0 radical (unpaired) electrons. The number of ether oxygens (including phenoxy) is 1. The highest BCUT2D eigenvalue weighted by atomic mass is 16.6. The van der Waals surface area contributed by atoms with Crippen LogP contribution in [0.4, 0.5) is 5.69 Å². The Balaban J connectivity index is 1.55. The van der Waals surface area contributed by atoms with Crippen molar-refractivity contribution < 1.29 is 9.66 Å². The number of nitro benzene ring substituents is 1. The lowest BCUT2D eigenvalue weighted by atomic mass is 9.74. The summed E-state index contributed by atoms with van der Waals surface area (Å²) in [5.74, 6) is 0.754. The average Bonchev–Trinajstić information content (AvgIpc) is 2.77. The summed E-state index contributed by atoms with van der Waals surface area (Å²) in [6, 6.07) is 14.4. The Morgan fingerprint density at radius 3 is 2.44 bits per heavy atom. The van der Waals surface area contributed by atoms with E-state index in [1.54, 1.807) is 18.3 Å². The summed E-state index contributed by atoms with van der Waals surface area (Å²) in [5.41, 5.74) is 2.20. The molecule has 0 atom stereocenters. The standard InChI is InChI=1S/C23H26N6O3/c1-2-32-21-9-4-3-6-19(21)11-24-25-22(18-7-5-8-20(10-18)29(30)31)23-12-26-15-27(13-23)17-28(14-23)16-26/h3-11H,2,12-17H2,1H3/b24-11-,25-22+. The fraction of sp³-hybridized carbons (Fsp3) is 0.391. The number of nitrogens with zero attached hydrogens (tertiary/aromatic N) is 6. The Hall–Kier alpha value is -3.14. The number of para-hydroxylation sites is 1. The van der Waals surface area contributed by atoms with E-state index in [2.05, 4.69) is 19.8 Å². The summed E-state index contributed by atoms with van der Waals surface area (Å²) in [6.07, 6.45) is 1.70. The summed E-state index contributed by atoms with van der Waals surface area (Å²) in [4.78, 5) is 18.3. The highest BCUT2D eigenvalue weighted by Crippen LogP contribution is 2.39. The lowest BCUT2D eigenvalue weighted by Crippen LogP contribution is -2.74. The van der Waals surface area contributed by atoms with Gasteiger partial charge in [0.2, 0.25) is 0 Å². The third-order valence-electron chi connectivity index (χ3n) is 6.18. The number of hydrogen-bond donors (Lipinski definition) is 0. The first-order chi connectivity index (χ1) is 15.6. The molecule has 0 N–H and O–H groups in total. The first kappa shape index (κ1) is 20.7. The second-order valence-electron chi connectivity index (χ2n) is 8.66. The van der Waals surface area contributed by atoms with Crippen molar-refractivity contribution in [2.24, 2.45) is 15.6 Å². The second-order valence-corrected chi connectivity index (χ2v) is 8.66. The zero-order valence-electron chi connectivity index (χ0n) is 18.1. The van der Waals surface area contributed by atoms with Gasteiger partial charge in [0.25, 0.3) is 5.69 Å². The van der Waals surface area contributed by atoms with Gasteiger partial charge in [-0.1, -0.05) is 24.3 Å². The Kier molecular flexibility index (Phi) is 5.46. The fourth-order valence-electron chi connectivity index (χ4n) is 5.20. The summed E-state index contributed by atoms with van der Waals surface area (Å²) in [6.45, 7) is 7.96. The molecule has 0 unspecified atom stereocenters. The van der Waals surface area contributed by atoms with Gasteiger partial charge in [-0.2, -0.15) is 10.2 Å². The molecule has 0 amide bonds. The van der Waals surface area contributed by atoms with Crippen molar-refractivity contribution in [2.75, 3.05) is 46.2 Å². The molecule has 4 heterocycles. The van der Waals surface area contributed by atoms with Gasteiger partial charge in [-0.3, -0.25) is 24.8 Å². The molecule has 166 valence electrons. The Bertz CT molecular complexity index is 1050. The van der Waals surface area contributed by atoms with Crippen molar-refractivity contribution in [1.82, 2.24) is 14.7 Å². The predicted octanol–water partition coefficient (Wildman–Crippen LogP) is 2.62. The molecule has 9 heteroatoms. The van der Waals surface area contributed by atoms with Crippen LogP contribution in [0.5, 0.6) is 5.75 Å². The molecular weight excluding hydrogens is 408 g/mol. The monoisotopic (exact) mass is 434 g/mol. The van der Waals surface area contributed by atoms with Crippen molar-refractivity contribution in [1.29, 1.82) is 0 Å². The zero-order valence-corrected chi connectivity index (χ0v) is 18.1. The van der Waals surface area contributed by atoms with E-state index in [1.807, 2.05) is 37.3 Å². The van der Waals surface area contributed by atoms with E-state index in [4.69, 9.17) is 9.84 Å². The molecular formula is C23H26N6O3. The Morgan fingerprint density at radius 1 is 1.09 bits per heavy atom.